The highest BCUT2D eigenvalue weighted by atomic mass is 127. The summed E-state index contributed by atoms with van der Waals surface area (Å²) in [5.41, 5.74) is 1.13. The van der Waals surface area contributed by atoms with Crippen molar-refractivity contribution in [2.45, 2.75) is 31.8 Å². The van der Waals surface area contributed by atoms with Gasteiger partial charge in [-0.25, -0.2) is 0 Å². The zero-order valence-electron chi connectivity index (χ0n) is 17.0. The quantitative estimate of drug-likeness (QED) is 0.233. The molecular weight excluding hydrogens is 481 g/mol. The van der Waals surface area contributed by atoms with Gasteiger partial charge in [-0.15, -0.1) is 24.0 Å². The van der Waals surface area contributed by atoms with Crippen LogP contribution in [0.3, 0.4) is 0 Å². The Hall–Kier alpha value is -1.65. The third kappa shape index (κ3) is 8.71. The third-order valence-corrected chi connectivity index (χ3v) is 4.85. The van der Waals surface area contributed by atoms with Gasteiger partial charge in [-0.3, -0.25) is 14.9 Å². The van der Waals surface area contributed by atoms with Gasteiger partial charge in [0, 0.05) is 51.9 Å². The van der Waals surface area contributed by atoms with E-state index in [0.717, 1.165) is 62.9 Å². The van der Waals surface area contributed by atoms with E-state index in [4.69, 9.17) is 9.15 Å². The van der Waals surface area contributed by atoms with Crippen molar-refractivity contribution in [2.75, 3.05) is 39.9 Å². The Morgan fingerprint density at radius 1 is 1.28 bits per heavy atom. The summed E-state index contributed by atoms with van der Waals surface area (Å²) in [5.74, 6) is 1.83. The van der Waals surface area contributed by atoms with E-state index < -0.39 is 0 Å². The van der Waals surface area contributed by atoms with Gasteiger partial charge in [0.15, 0.2) is 5.96 Å². The van der Waals surface area contributed by atoms with Crippen LogP contribution in [0.2, 0.25) is 0 Å². The second kappa shape index (κ2) is 13.6. The van der Waals surface area contributed by atoms with Crippen molar-refractivity contribution in [1.82, 2.24) is 20.5 Å². The Balaban J connectivity index is 0.00000300. The number of aliphatic imine (C=N–C) groups is 1. The van der Waals surface area contributed by atoms with E-state index in [-0.39, 0.29) is 24.0 Å². The van der Waals surface area contributed by atoms with Gasteiger partial charge < -0.3 is 19.8 Å². The first kappa shape index (κ1) is 23.6. The fourth-order valence-electron chi connectivity index (χ4n) is 3.31. The largest absolute Gasteiger partial charge is 0.469 e. The maximum absolute atomic E-state index is 5.39. The first-order valence-corrected chi connectivity index (χ1v) is 10.0. The van der Waals surface area contributed by atoms with E-state index in [9.17, 15) is 0 Å². The summed E-state index contributed by atoms with van der Waals surface area (Å²) in [7, 11) is 1.70. The van der Waals surface area contributed by atoms with E-state index in [2.05, 4.69) is 31.6 Å². The van der Waals surface area contributed by atoms with Gasteiger partial charge in [-0.05, 0) is 37.1 Å². The van der Waals surface area contributed by atoms with Crippen LogP contribution in [0.1, 0.15) is 24.3 Å². The predicted octanol–water partition coefficient (Wildman–Crippen LogP) is 2.68. The number of ether oxygens (including phenoxy) is 1. The Bertz CT molecular complexity index is 688. The monoisotopic (exact) mass is 513 g/mol. The SMILES string of the molecule is COCCN=C(NCCc1ccco1)NC1CCN(Cc2ccccn2)CC1.I. The van der Waals surface area contributed by atoms with Crippen LogP contribution >= 0.6 is 24.0 Å². The van der Waals surface area contributed by atoms with Crippen LogP contribution in [-0.2, 0) is 17.7 Å². The number of methoxy groups -OCH3 is 1. The van der Waals surface area contributed by atoms with Gasteiger partial charge in [0.05, 0.1) is 25.1 Å². The van der Waals surface area contributed by atoms with Crippen molar-refractivity contribution in [3.63, 3.8) is 0 Å². The molecule has 2 aromatic heterocycles. The average Bonchev–Trinajstić information content (AvgIpc) is 3.24. The number of hydrogen-bond donors (Lipinski definition) is 2. The van der Waals surface area contributed by atoms with Crippen molar-refractivity contribution >= 4 is 29.9 Å². The van der Waals surface area contributed by atoms with E-state index in [1.165, 1.54) is 0 Å². The highest BCUT2D eigenvalue weighted by Gasteiger charge is 2.20. The summed E-state index contributed by atoms with van der Waals surface area (Å²) < 4.78 is 10.5. The summed E-state index contributed by atoms with van der Waals surface area (Å²) in [4.78, 5) is 11.5. The summed E-state index contributed by atoms with van der Waals surface area (Å²) in [6, 6.07) is 10.4. The molecule has 160 valence electrons. The van der Waals surface area contributed by atoms with Crippen molar-refractivity contribution in [1.29, 1.82) is 0 Å². The van der Waals surface area contributed by atoms with E-state index in [0.29, 0.717) is 19.2 Å². The standard InChI is InChI=1S/C21H31N5O2.HI/c1-27-16-12-24-21(23-11-7-20-6-4-15-28-20)25-18-8-13-26(14-9-18)17-19-5-2-3-10-22-19;/h2-6,10,15,18H,7-9,11-14,16-17H2,1H3,(H2,23,24,25);1H. The average molecular weight is 513 g/mol. The van der Waals surface area contributed by atoms with E-state index in [1.54, 1.807) is 13.4 Å². The minimum atomic E-state index is 0. The minimum absolute atomic E-state index is 0. The molecule has 7 nitrogen and oxygen atoms in total. The molecule has 0 aromatic carbocycles. The number of guanidine groups is 1. The van der Waals surface area contributed by atoms with Gasteiger partial charge in [0.2, 0.25) is 0 Å². The third-order valence-electron chi connectivity index (χ3n) is 4.85. The molecule has 8 heteroatoms. The number of piperidine rings is 1. The number of nitrogens with zero attached hydrogens (tertiary/aromatic N) is 3. The maximum Gasteiger partial charge on any atom is 0.191 e. The first-order chi connectivity index (χ1) is 13.8. The molecule has 3 rings (SSSR count). The van der Waals surface area contributed by atoms with Crippen LogP contribution in [0.15, 0.2) is 52.2 Å². The van der Waals surface area contributed by atoms with Crippen LogP contribution < -0.4 is 10.6 Å². The molecule has 0 bridgehead atoms. The molecule has 0 radical (unpaired) electrons. The predicted molar refractivity (Wildman–Crippen MR) is 126 cm³/mol. The Morgan fingerprint density at radius 3 is 2.83 bits per heavy atom. The first-order valence-electron chi connectivity index (χ1n) is 10.0. The zero-order valence-corrected chi connectivity index (χ0v) is 19.4. The van der Waals surface area contributed by atoms with Crippen LogP contribution in [0.5, 0.6) is 0 Å². The second-order valence-electron chi connectivity index (χ2n) is 7.00. The normalized spacial score (nSPS) is 15.7. The number of nitrogens with one attached hydrogen (secondary N) is 2. The van der Waals surface area contributed by atoms with Crippen LogP contribution in [0.4, 0.5) is 0 Å². The van der Waals surface area contributed by atoms with Gasteiger partial charge in [0.1, 0.15) is 5.76 Å². The fourth-order valence-corrected chi connectivity index (χ4v) is 3.31. The van der Waals surface area contributed by atoms with Crippen molar-refractivity contribution < 1.29 is 9.15 Å². The molecule has 0 unspecified atom stereocenters. The van der Waals surface area contributed by atoms with Gasteiger partial charge in [0.25, 0.3) is 0 Å². The summed E-state index contributed by atoms with van der Waals surface area (Å²) in [6.45, 7) is 5.09. The number of hydrogen-bond acceptors (Lipinski definition) is 5. The Kier molecular flexibility index (Phi) is 11.0. The molecular formula is C21H32IN5O2. The van der Waals surface area contributed by atoms with Crippen LogP contribution in [0.25, 0.3) is 0 Å². The highest BCUT2D eigenvalue weighted by Crippen LogP contribution is 2.13. The Labute approximate surface area is 190 Å². The molecule has 2 aromatic rings. The lowest BCUT2D eigenvalue weighted by Crippen LogP contribution is -2.49. The lowest BCUT2D eigenvalue weighted by molar-refractivity contribution is 0.196. The van der Waals surface area contributed by atoms with Gasteiger partial charge >= 0.3 is 0 Å². The number of furan rings is 1. The van der Waals surface area contributed by atoms with E-state index in [1.807, 2.05) is 30.5 Å². The van der Waals surface area contributed by atoms with Crippen LogP contribution in [-0.4, -0.2) is 61.8 Å². The number of likely N-dealkylation sites (tertiary alicyclic amines) is 1. The molecule has 0 amide bonds. The molecule has 0 atom stereocenters. The van der Waals surface area contributed by atoms with Crippen molar-refractivity contribution in [3.05, 3.63) is 54.2 Å². The fraction of sp³-hybridized carbons (Fsp3) is 0.524. The molecule has 1 fully saturated rings. The summed E-state index contributed by atoms with van der Waals surface area (Å²) in [6.07, 6.45) is 6.59. The topological polar surface area (TPSA) is 74.9 Å². The van der Waals surface area contributed by atoms with Crippen LogP contribution in [0, 0.1) is 0 Å². The lowest BCUT2D eigenvalue weighted by Gasteiger charge is -2.33. The lowest BCUT2D eigenvalue weighted by atomic mass is 10.0. The zero-order chi connectivity index (χ0) is 19.4. The molecule has 0 saturated carbocycles. The van der Waals surface area contributed by atoms with Gasteiger partial charge in [-0.1, -0.05) is 6.07 Å². The van der Waals surface area contributed by atoms with E-state index >= 15 is 0 Å². The van der Waals surface area contributed by atoms with Crippen molar-refractivity contribution in [2.24, 2.45) is 4.99 Å². The molecule has 0 spiro atoms. The Morgan fingerprint density at radius 2 is 2.14 bits per heavy atom. The molecule has 1 aliphatic rings. The number of halogens is 1. The second-order valence-corrected chi connectivity index (χ2v) is 7.00. The molecule has 3 heterocycles. The van der Waals surface area contributed by atoms with Crippen molar-refractivity contribution in [3.8, 4) is 0 Å². The maximum atomic E-state index is 5.39. The molecule has 1 saturated heterocycles. The molecule has 0 aliphatic carbocycles. The minimum Gasteiger partial charge on any atom is -0.469 e. The number of aromatic nitrogens is 1. The van der Waals surface area contributed by atoms with Gasteiger partial charge in [-0.2, -0.15) is 0 Å². The molecule has 29 heavy (non-hydrogen) atoms. The molecule has 1 aliphatic heterocycles. The number of rotatable bonds is 9. The number of pyridine rings is 1. The highest BCUT2D eigenvalue weighted by molar-refractivity contribution is 14.0. The summed E-state index contributed by atoms with van der Waals surface area (Å²) in [5, 5.41) is 7.00. The smallest absolute Gasteiger partial charge is 0.191 e. The summed E-state index contributed by atoms with van der Waals surface area (Å²) >= 11 is 0. The molecule has 2 N–H and O–H groups in total.